The van der Waals surface area contributed by atoms with Gasteiger partial charge in [0.1, 0.15) is 0 Å². The minimum atomic E-state index is 0.424. The smallest absolute Gasteiger partial charge is 0.00992 e. The van der Waals surface area contributed by atoms with Crippen molar-refractivity contribution in [1.29, 1.82) is 0 Å². The Kier molecular flexibility index (Phi) is 3.91. The first-order valence-corrected chi connectivity index (χ1v) is 7.12. The second-order valence-electron chi connectivity index (χ2n) is 6.28. The minimum Gasteiger partial charge on any atom is -0.330 e. The predicted octanol–water partition coefficient (Wildman–Crippen LogP) is 2.53. The van der Waals surface area contributed by atoms with E-state index in [1.807, 2.05) is 0 Å². The molecule has 0 saturated heterocycles. The first kappa shape index (κ1) is 12.4. The van der Waals surface area contributed by atoms with Gasteiger partial charge in [0, 0.05) is 12.6 Å². The first-order valence-electron chi connectivity index (χ1n) is 7.12. The molecule has 0 heterocycles. The van der Waals surface area contributed by atoms with Gasteiger partial charge in [-0.2, -0.15) is 0 Å². The molecule has 0 radical (unpaired) electrons. The molecule has 16 heavy (non-hydrogen) atoms. The molecule has 0 bridgehead atoms. The van der Waals surface area contributed by atoms with E-state index >= 15 is 0 Å². The maximum Gasteiger partial charge on any atom is 0.00992 e. The van der Waals surface area contributed by atoms with E-state index in [0.717, 1.165) is 31.0 Å². The Balaban J connectivity index is 1.76. The van der Waals surface area contributed by atoms with Crippen LogP contribution in [0.2, 0.25) is 0 Å². The second-order valence-corrected chi connectivity index (χ2v) is 6.28. The lowest BCUT2D eigenvalue weighted by Gasteiger charge is -2.39. The molecule has 3 N–H and O–H groups in total. The van der Waals surface area contributed by atoms with E-state index in [-0.39, 0.29) is 0 Å². The van der Waals surface area contributed by atoms with Crippen LogP contribution in [0.1, 0.15) is 52.4 Å². The molecule has 2 fully saturated rings. The van der Waals surface area contributed by atoms with Crippen molar-refractivity contribution in [2.24, 2.45) is 23.0 Å². The van der Waals surface area contributed by atoms with Gasteiger partial charge in [0.15, 0.2) is 0 Å². The SMILES string of the molecule is CCC1CC1NCC1(CN)CCC(C)CC1. The molecule has 0 spiro atoms. The van der Waals surface area contributed by atoms with Crippen molar-refractivity contribution in [3.8, 4) is 0 Å². The average Bonchev–Trinajstić information content (AvgIpc) is 3.08. The van der Waals surface area contributed by atoms with Gasteiger partial charge in [-0.15, -0.1) is 0 Å². The average molecular weight is 224 g/mol. The fourth-order valence-electron chi connectivity index (χ4n) is 3.12. The van der Waals surface area contributed by atoms with Gasteiger partial charge in [-0.1, -0.05) is 33.1 Å². The zero-order chi connectivity index (χ0) is 11.6. The summed E-state index contributed by atoms with van der Waals surface area (Å²) >= 11 is 0. The van der Waals surface area contributed by atoms with Crippen molar-refractivity contribution < 1.29 is 0 Å². The summed E-state index contributed by atoms with van der Waals surface area (Å²) in [7, 11) is 0. The summed E-state index contributed by atoms with van der Waals surface area (Å²) in [4.78, 5) is 0. The van der Waals surface area contributed by atoms with Crippen LogP contribution in [0.3, 0.4) is 0 Å². The summed E-state index contributed by atoms with van der Waals surface area (Å²) in [5.74, 6) is 1.88. The molecule has 0 aromatic rings. The van der Waals surface area contributed by atoms with E-state index in [1.54, 1.807) is 0 Å². The van der Waals surface area contributed by atoms with E-state index < -0.39 is 0 Å². The van der Waals surface area contributed by atoms with Gasteiger partial charge >= 0.3 is 0 Å². The summed E-state index contributed by atoms with van der Waals surface area (Å²) in [6, 6.07) is 0.813. The van der Waals surface area contributed by atoms with Crippen molar-refractivity contribution in [1.82, 2.24) is 5.32 Å². The summed E-state index contributed by atoms with van der Waals surface area (Å²) in [5.41, 5.74) is 6.44. The standard InChI is InChI=1S/C14H28N2/c1-3-12-8-13(12)16-10-14(9-15)6-4-11(2)5-7-14/h11-13,16H,3-10,15H2,1-2H3. The number of nitrogens with one attached hydrogen (secondary N) is 1. The highest BCUT2D eigenvalue weighted by Crippen LogP contribution is 2.39. The molecule has 2 unspecified atom stereocenters. The molecule has 2 nitrogen and oxygen atoms in total. The number of nitrogens with two attached hydrogens (primary N) is 1. The quantitative estimate of drug-likeness (QED) is 0.753. The Morgan fingerprint density at radius 1 is 1.31 bits per heavy atom. The molecular weight excluding hydrogens is 196 g/mol. The van der Waals surface area contributed by atoms with Crippen LogP contribution in [-0.2, 0) is 0 Å². The van der Waals surface area contributed by atoms with Gasteiger partial charge in [0.2, 0.25) is 0 Å². The van der Waals surface area contributed by atoms with Crippen LogP contribution < -0.4 is 11.1 Å². The lowest BCUT2D eigenvalue weighted by atomic mass is 9.71. The van der Waals surface area contributed by atoms with Gasteiger partial charge in [-0.3, -0.25) is 0 Å². The maximum atomic E-state index is 6.02. The van der Waals surface area contributed by atoms with Crippen LogP contribution in [0.15, 0.2) is 0 Å². The third kappa shape index (κ3) is 2.78. The van der Waals surface area contributed by atoms with Crippen molar-refractivity contribution in [2.75, 3.05) is 13.1 Å². The molecule has 2 atom stereocenters. The summed E-state index contributed by atoms with van der Waals surface area (Å²) in [5, 5.41) is 3.75. The van der Waals surface area contributed by atoms with Crippen LogP contribution in [0.4, 0.5) is 0 Å². The van der Waals surface area contributed by atoms with Gasteiger partial charge < -0.3 is 11.1 Å². The topological polar surface area (TPSA) is 38.0 Å². The Bertz CT molecular complexity index is 219. The highest BCUT2D eigenvalue weighted by molar-refractivity contribution is 4.95. The van der Waals surface area contributed by atoms with Crippen molar-refractivity contribution >= 4 is 0 Å². The third-order valence-corrected chi connectivity index (χ3v) is 4.95. The number of hydrogen-bond acceptors (Lipinski definition) is 2. The normalized spacial score (nSPS) is 43.3. The highest BCUT2D eigenvalue weighted by atomic mass is 15.0. The molecule has 94 valence electrons. The Hall–Kier alpha value is -0.0800. The predicted molar refractivity (Wildman–Crippen MR) is 69.3 cm³/mol. The molecule has 2 rings (SSSR count). The highest BCUT2D eigenvalue weighted by Gasteiger charge is 2.38. The Labute approximate surface area is 100 Å². The zero-order valence-electron chi connectivity index (χ0n) is 11.0. The van der Waals surface area contributed by atoms with Crippen LogP contribution in [-0.4, -0.2) is 19.1 Å². The lowest BCUT2D eigenvalue weighted by Crippen LogP contribution is -2.43. The van der Waals surface area contributed by atoms with E-state index in [4.69, 9.17) is 5.73 Å². The van der Waals surface area contributed by atoms with Gasteiger partial charge in [0.25, 0.3) is 0 Å². The van der Waals surface area contributed by atoms with Crippen molar-refractivity contribution in [2.45, 2.75) is 58.4 Å². The first-order chi connectivity index (χ1) is 7.69. The fraction of sp³-hybridized carbons (Fsp3) is 1.00. The van der Waals surface area contributed by atoms with E-state index in [0.29, 0.717) is 5.41 Å². The molecule has 0 aliphatic heterocycles. The van der Waals surface area contributed by atoms with Crippen LogP contribution in [0.25, 0.3) is 0 Å². The van der Waals surface area contributed by atoms with Crippen LogP contribution >= 0.6 is 0 Å². The minimum absolute atomic E-state index is 0.424. The zero-order valence-corrected chi connectivity index (χ0v) is 11.0. The van der Waals surface area contributed by atoms with Gasteiger partial charge in [-0.25, -0.2) is 0 Å². The molecule has 2 aliphatic rings. The molecule has 2 aliphatic carbocycles. The molecule has 2 saturated carbocycles. The molecule has 0 aromatic carbocycles. The second kappa shape index (κ2) is 5.05. The largest absolute Gasteiger partial charge is 0.330 e. The maximum absolute atomic E-state index is 6.02. The molecule has 2 heteroatoms. The summed E-state index contributed by atoms with van der Waals surface area (Å²) in [6.07, 6.45) is 8.15. The van der Waals surface area contributed by atoms with Crippen molar-refractivity contribution in [3.63, 3.8) is 0 Å². The van der Waals surface area contributed by atoms with E-state index in [2.05, 4.69) is 19.2 Å². The van der Waals surface area contributed by atoms with Crippen LogP contribution in [0.5, 0.6) is 0 Å². The Morgan fingerprint density at radius 3 is 2.50 bits per heavy atom. The Morgan fingerprint density at radius 2 is 2.00 bits per heavy atom. The van der Waals surface area contributed by atoms with Gasteiger partial charge in [-0.05, 0) is 43.1 Å². The fourth-order valence-corrected chi connectivity index (χ4v) is 3.12. The number of hydrogen-bond donors (Lipinski definition) is 2. The van der Waals surface area contributed by atoms with E-state index in [1.165, 1.54) is 38.5 Å². The van der Waals surface area contributed by atoms with Gasteiger partial charge in [0.05, 0.1) is 0 Å². The lowest BCUT2D eigenvalue weighted by molar-refractivity contribution is 0.158. The summed E-state index contributed by atoms with van der Waals surface area (Å²) < 4.78 is 0. The number of rotatable bonds is 5. The molecular formula is C14H28N2. The van der Waals surface area contributed by atoms with Crippen LogP contribution in [0, 0.1) is 17.3 Å². The monoisotopic (exact) mass is 224 g/mol. The third-order valence-electron chi connectivity index (χ3n) is 4.95. The molecule has 0 aromatic heterocycles. The van der Waals surface area contributed by atoms with Crippen molar-refractivity contribution in [3.05, 3.63) is 0 Å². The summed E-state index contributed by atoms with van der Waals surface area (Å²) in [6.45, 7) is 6.71. The van der Waals surface area contributed by atoms with E-state index in [9.17, 15) is 0 Å². The molecule has 0 amide bonds.